The standard InChI is InChI=1S/C22H37N5O2/c1-4-23-22(24-11-13-26(2)14-15-29-3)25-17-20-16-21(28)27(18-20)12-10-19-8-6-5-7-9-19/h5-9,20H,4,10-18H2,1-3H3,(H2,23,24,25). The number of rotatable bonds is 12. The fourth-order valence-electron chi connectivity index (χ4n) is 3.39. The third kappa shape index (κ3) is 8.83. The molecule has 29 heavy (non-hydrogen) atoms. The molecule has 0 spiro atoms. The number of guanidine groups is 1. The maximum absolute atomic E-state index is 12.3. The smallest absolute Gasteiger partial charge is 0.223 e. The van der Waals surface area contributed by atoms with Crippen molar-refractivity contribution in [2.45, 2.75) is 19.8 Å². The van der Waals surface area contributed by atoms with E-state index in [1.54, 1.807) is 7.11 Å². The lowest BCUT2D eigenvalue weighted by atomic mass is 10.1. The van der Waals surface area contributed by atoms with Gasteiger partial charge in [-0.2, -0.15) is 0 Å². The molecule has 1 aliphatic heterocycles. The van der Waals surface area contributed by atoms with Gasteiger partial charge in [0.05, 0.1) is 6.61 Å². The van der Waals surface area contributed by atoms with E-state index in [0.717, 1.165) is 58.3 Å². The lowest BCUT2D eigenvalue weighted by molar-refractivity contribution is -0.127. The van der Waals surface area contributed by atoms with Crippen molar-refractivity contribution in [2.24, 2.45) is 10.9 Å². The Morgan fingerprint density at radius 3 is 2.79 bits per heavy atom. The van der Waals surface area contributed by atoms with Gasteiger partial charge in [-0.3, -0.25) is 9.79 Å². The zero-order valence-electron chi connectivity index (χ0n) is 18.2. The Morgan fingerprint density at radius 1 is 1.28 bits per heavy atom. The van der Waals surface area contributed by atoms with Crippen LogP contribution in [0.1, 0.15) is 18.9 Å². The molecule has 0 saturated carbocycles. The van der Waals surface area contributed by atoms with E-state index >= 15 is 0 Å². The molecule has 0 aliphatic carbocycles. The van der Waals surface area contributed by atoms with Crippen LogP contribution < -0.4 is 10.6 Å². The highest BCUT2D eigenvalue weighted by molar-refractivity contribution is 5.80. The van der Waals surface area contributed by atoms with E-state index < -0.39 is 0 Å². The van der Waals surface area contributed by atoms with E-state index in [9.17, 15) is 4.79 Å². The summed E-state index contributed by atoms with van der Waals surface area (Å²) in [6.45, 7) is 8.52. The number of hydrogen-bond donors (Lipinski definition) is 2. The SMILES string of the molecule is CCNC(=NCC1CC(=O)N(CCc2ccccc2)C1)NCCN(C)CCOC. The maximum atomic E-state index is 12.3. The number of carbonyl (C=O) groups is 1. The Bertz CT molecular complexity index is 623. The minimum atomic E-state index is 0.249. The van der Waals surface area contributed by atoms with Crippen molar-refractivity contribution in [3.05, 3.63) is 35.9 Å². The van der Waals surface area contributed by atoms with Gasteiger partial charge in [-0.15, -0.1) is 0 Å². The molecule has 1 aliphatic rings. The molecule has 1 unspecified atom stereocenters. The van der Waals surface area contributed by atoms with Crippen LogP contribution in [0.2, 0.25) is 0 Å². The number of methoxy groups -OCH3 is 1. The summed E-state index contributed by atoms with van der Waals surface area (Å²) in [5.74, 6) is 1.36. The number of amides is 1. The fraction of sp³-hybridized carbons (Fsp3) is 0.636. The van der Waals surface area contributed by atoms with E-state index in [-0.39, 0.29) is 11.8 Å². The van der Waals surface area contributed by atoms with E-state index in [2.05, 4.69) is 41.6 Å². The van der Waals surface area contributed by atoms with Crippen molar-refractivity contribution in [3.63, 3.8) is 0 Å². The summed E-state index contributed by atoms with van der Waals surface area (Å²) < 4.78 is 5.10. The summed E-state index contributed by atoms with van der Waals surface area (Å²) in [5, 5.41) is 6.67. The van der Waals surface area contributed by atoms with Gasteiger partial charge in [0.1, 0.15) is 0 Å². The van der Waals surface area contributed by atoms with E-state index in [0.29, 0.717) is 13.0 Å². The Labute approximate surface area is 175 Å². The average molecular weight is 404 g/mol. The van der Waals surface area contributed by atoms with Gasteiger partial charge in [0.15, 0.2) is 5.96 Å². The first kappa shape index (κ1) is 23.2. The van der Waals surface area contributed by atoms with Crippen LogP contribution in [0.5, 0.6) is 0 Å². The monoisotopic (exact) mass is 403 g/mol. The summed E-state index contributed by atoms with van der Waals surface area (Å²) in [5.41, 5.74) is 1.27. The summed E-state index contributed by atoms with van der Waals surface area (Å²) in [6.07, 6.45) is 1.50. The van der Waals surface area contributed by atoms with Crippen molar-refractivity contribution < 1.29 is 9.53 Å². The second-order valence-corrected chi connectivity index (χ2v) is 7.59. The quantitative estimate of drug-likeness (QED) is 0.406. The molecule has 7 nitrogen and oxygen atoms in total. The zero-order valence-corrected chi connectivity index (χ0v) is 18.2. The summed E-state index contributed by atoms with van der Waals surface area (Å²) >= 11 is 0. The Balaban J connectivity index is 1.74. The second kappa shape index (κ2) is 13.2. The van der Waals surface area contributed by atoms with Crippen molar-refractivity contribution in [1.29, 1.82) is 0 Å². The Hall–Kier alpha value is -2.12. The van der Waals surface area contributed by atoms with Gasteiger partial charge in [0, 0.05) is 65.3 Å². The highest BCUT2D eigenvalue weighted by Crippen LogP contribution is 2.18. The van der Waals surface area contributed by atoms with Gasteiger partial charge in [-0.1, -0.05) is 30.3 Å². The van der Waals surface area contributed by atoms with E-state index in [1.807, 2.05) is 23.1 Å². The second-order valence-electron chi connectivity index (χ2n) is 7.59. The molecule has 1 atom stereocenters. The molecular weight excluding hydrogens is 366 g/mol. The molecule has 1 saturated heterocycles. The molecule has 1 amide bonds. The molecule has 1 aromatic rings. The van der Waals surface area contributed by atoms with Crippen LogP contribution >= 0.6 is 0 Å². The number of aliphatic imine (C=N–C) groups is 1. The molecule has 162 valence electrons. The van der Waals surface area contributed by atoms with Crippen molar-refractivity contribution in [2.75, 3.05) is 66.6 Å². The number of likely N-dealkylation sites (tertiary alicyclic amines) is 1. The summed E-state index contributed by atoms with van der Waals surface area (Å²) in [4.78, 5) is 21.3. The van der Waals surface area contributed by atoms with Crippen molar-refractivity contribution in [1.82, 2.24) is 20.4 Å². The molecule has 0 bridgehead atoms. The fourth-order valence-corrected chi connectivity index (χ4v) is 3.39. The van der Waals surface area contributed by atoms with E-state index in [4.69, 9.17) is 9.73 Å². The molecule has 0 aromatic heterocycles. The van der Waals surface area contributed by atoms with Gasteiger partial charge in [0.25, 0.3) is 0 Å². The van der Waals surface area contributed by atoms with Crippen LogP contribution in [0.25, 0.3) is 0 Å². The number of ether oxygens (including phenoxy) is 1. The molecule has 2 N–H and O–H groups in total. The van der Waals surface area contributed by atoms with Crippen molar-refractivity contribution in [3.8, 4) is 0 Å². The molecule has 1 aromatic carbocycles. The molecule has 0 radical (unpaired) electrons. The zero-order chi connectivity index (χ0) is 20.9. The predicted molar refractivity (Wildman–Crippen MR) is 118 cm³/mol. The van der Waals surface area contributed by atoms with Gasteiger partial charge >= 0.3 is 0 Å². The van der Waals surface area contributed by atoms with Gasteiger partial charge in [0.2, 0.25) is 5.91 Å². The first-order valence-electron chi connectivity index (χ1n) is 10.6. The highest BCUT2D eigenvalue weighted by Gasteiger charge is 2.28. The van der Waals surface area contributed by atoms with Crippen LogP contribution in [0.15, 0.2) is 35.3 Å². The third-order valence-corrected chi connectivity index (χ3v) is 5.12. The lowest BCUT2D eigenvalue weighted by Gasteiger charge is -2.18. The van der Waals surface area contributed by atoms with Crippen LogP contribution in [0, 0.1) is 5.92 Å². The number of likely N-dealkylation sites (N-methyl/N-ethyl adjacent to an activating group) is 1. The maximum Gasteiger partial charge on any atom is 0.223 e. The van der Waals surface area contributed by atoms with Crippen LogP contribution in [-0.2, 0) is 16.0 Å². The Kier molecular flexibility index (Phi) is 10.5. The average Bonchev–Trinajstić information content (AvgIpc) is 3.09. The Morgan fingerprint density at radius 2 is 2.07 bits per heavy atom. The van der Waals surface area contributed by atoms with Gasteiger partial charge in [-0.05, 0) is 26.0 Å². The predicted octanol–water partition coefficient (Wildman–Crippen LogP) is 1.21. The third-order valence-electron chi connectivity index (χ3n) is 5.12. The summed E-state index contributed by atoms with van der Waals surface area (Å²) in [7, 11) is 3.80. The number of carbonyl (C=O) groups excluding carboxylic acids is 1. The molecular formula is C22H37N5O2. The van der Waals surface area contributed by atoms with Gasteiger partial charge in [-0.25, -0.2) is 0 Å². The van der Waals surface area contributed by atoms with Gasteiger partial charge < -0.3 is 25.2 Å². The number of nitrogens with one attached hydrogen (secondary N) is 2. The lowest BCUT2D eigenvalue weighted by Crippen LogP contribution is -2.41. The molecule has 1 heterocycles. The number of benzene rings is 1. The molecule has 1 fully saturated rings. The van der Waals surface area contributed by atoms with Crippen LogP contribution in [0.3, 0.4) is 0 Å². The van der Waals surface area contributed by atoms with Crippen LogP contribution in [-0.4, -0.2) is 88.2 Å². The number of nitrogens with zero attached hydrogens (tertiary/aromatic N) is 3. The number of hydrogen-bond acceptors (Lipinski definition) is 4. The largest absolute Gasteiger partial charge is 0.383 e. The first-order chi connectivity index (χ1) is 14.1. The summed E-state index contributed by atoms with van der Waals surface area (Å²) in [6, 6.07) is 10.3. The minimum Gasteiger partial charge on any atom is -0.383 e. The first-order valence-corrected chi connectivity index (χ1v) is 10.6. The van der Waals surface area contributed by atoms with E-state index in [1.165, 1.54) is 5.56 Å². The van der Waals surface area contributed by atoms with Crippen LogP contribution in [0.4, 0.5) is 0 Å². The highest BCUT2D eigenvalue weighted by atomic mass is 16.5. The molecule has 2 rings (SSSR count). The van der Waals surface area contributed by atoms with Crippen molar-refractivity contribution >= 4 is 11.9 Å². The normalized spacial score (nSPS) is 17.2. The topological polar surface area (TPSA) is 69.2 Å². The minimum absolute atomic E-state index is 0.249. The molecule has 7 heteroatoms.